The first-order chi connectivity index (χ1) is 10.0. The topological polar surface area (TPSA) is 15.3 Å². The Morgan fingerprint density at radius 1 is 1.05 bits per heavy atom. The highest BCUT2D eigenvalue weighted by Crippen LogP contribution is 2.55. The molecule has 0 bridgehead atoms. The van der Waals surface area contributed by atoms with E-state index in [2.05, 4.69) is 61.1 Å². The minimum Gasteiger partial charge on any atom is -0.321 e. The van der Waals surface area contributed by atoms with Gasteiger partial charge in [-0.25, -0.2) is 0 Å². The van der Waals surface area contributed by atoms with Gasteiger partial charge in [0.15, 0.2) is 0 Å². The van der Waals surface area contributed by atoms with E-state index in [0.717, 1.165) is 29.2 Å². The maximum absolute atomic E-state index is 3.52. The van der Waals surface area contributed by atoms with Crippen LogP contribution in [0.15, 0.2) is 24.3 Å². The van der Waals surface area contributed by atoms with Crippen LogP contribution in [0.1, 0.15) is 20.3 Å². The maximum atomic E-state index is 3.52. The van der Waals surface area contributed by atoms with Gasteiger partial charge in [0.1, 0.15) is 8.24 Å². The van der Waals surface area contributed by atoms with Gasteiger partial charge in [0.25, 0.3) is 0 Å². The highest BCUT2D eigenvalue weighted by atomic mass is 28.3. The number of hydrogen-bond acceptors (Lipinski definition) is 2. The van der Waals surface area contributed by atoms with Crippen molar-refractivity contribution in [2.24, 2.45) is 23.7 Å². The molecule has 118 valence electrons. The highest BCUT2D eigenvalue weighted by molar-refractivity contribution is 6.76. The molecule has 2 fully saturated rings. The number of nitrogens with zero attached hydrogens (tertiary/aromatic N) is 1. The lowest BCUT2D eigenvalue weighted by Gasteiger charge is -2.45. The van der Waals surface area contributed by atoms with E-state index in [1.807, 2.05) is 0 Å². The van der Waals surface area contributed by atoms with Crippen molar-refractivity contribution in [2.75, 3.05) is 26.2 Å². The SMILES string of the molecule is CC(C)C1CC([Si](C)(C)N2CCNCC2)C2C=CC=CC21. The van der Waals surface area contributed by atoms with Crippen LogP contribution < -0.4 is 5.32 Å². The van der Waals surface area contributed by atoms with Crippen molar-refractivity contribution in [3.63, 3.8) is 0 Å². The summed E-state index contributed by atoms with van der Waals surface area (Å²) in [6.07, 6.45) is 11.1. The molecule has 1 saturated heterocycles. The Labute approximate surface area is 131 Å². The standard InChI is InChI=1S/C18H32N2Si/c1-14(2)17-13-18(16-8-6-5-7-15(16)17)21(3,4)20-11-9-19-10-12-20/h5-8,14-19H,9-13H2,1-4H3. The van der Waals surface area contributed by atoms with Crippen LogP contribution in [0.3, 0.4) is 0 Å². The van der Waals surface area contributed by atoms with Crippen LogP contribution in [-0.4, -0.2) is 39.0 Å². The molecule has 3 aliphatic rings. The molecule has 2 nitrogen and oxygen atoms in total. The fraction of sp³-hybridized carbons (Fsp3) is 0.778. The molecule has 0 amide bonds. The predicted molar refractivity (Wildman–Crippen MR) is 93.9 cm³/mol. The van der Waals surface area contributed by atoms with Crippen molar-refractivity contribution in [3.8, 4) is 0 Å². The van der Waals surface area contributed by atoms with E-state index >= 15 is 0 Å². The van der Waals surface area contributed by atoms with E-state index < -0.39 is 8.24 Å². The summed E-state index contributed by atoms with van der Waals surface area (Å²) in [5.41, 5.74) is 0.925. The molecular formula is C18H32N2Si. The number of allylic oxidation sites excluding steroid dienone is 4. The van der Waals surface area contributed by atoms with E-state index in [1.165, 1.54) is 32.6 Å². The van der Waals surface area contributed by atoms with Crippen LogP contribution in [0.4, 0.5) is 0 Å². The first-order valence-corrected chi connectivity index (χ1v) is 11.8. The summed E-state index contributed by atoms with van der Waals surface area (Å²) in [6.45, 7) is 15.0. The summed E-state index contributed by atoms with van der Waals surface area (Å²) >= 11 is 0. The Kier molecular flexibility index (Phi) is 4.44. The lowest BCUT2D eigenvalue weighted by molar-refractivity contribution is 0.320. The second kappa shape index (κ2) is 6.02. The van der Waals surface area contributed by atoms with Crippen molar-refractivity contribution in [3.05, 3.63) is 24.3 Å². The molecule has 4 atom stereocenters. The van der Waals surface area contributed by atoms with E-state index in [-0.39, 0.29) is 0 Å². The van der Waals surface area contributed by atoms with E-state index in [1.54, 1.807) is 0 Å². The Morgan fingerprint density at radius 3 is 2.29 bits per heavy atom. The lowest BCUT2D eigenvalue weighted by Crippen LogP contribution is -2.59. The third-order valence-electron chi connectivity index (χ3n) is 6.40. The molecule has 1 saturated carbocycles. The molecular weight excluding hydrogens is 272 g/mol. The first-order valence-electron chi connectivity index (χ1n) is 8.82. The molecule has 3 rings (SSSR count). The molecule has 1 heterocycles. The summed E-state index contributed by atoms with van der Waals surface area (Å²) in [4.78, 5) is 0. The third kappa shape index (κ3) is 2.80. The third-order valence-corrected chi connectivity index (χ3v) is 10.9. The predicted octanol–water partition coefficient (Wildman–Crippen LogP) is 3.50. The second-order valence-electron chi connectivity index (χ2n) is 8.07. The number of piperazine rings is 1. The quantitative estimate of drug-likeness (QED) is 0.803. The zero-order valence-electron chi connectivity index (χ0n) is 14.2. The van der Waals surface area contributed by atoms with Gasteiger partial charge >= 0.3 is 0 Å². The summed E-state index contributed by atoms with van der Waals surface area (Å²) in [5.74, 6) is 3.30. The van der Waals surface area contributed by atoms with E-state index in [9.17, 15) is 0 Å². The highest BCUT2D eigenvalue weighted by Gasteiger charge is 2.51. The average Bonchev–Trinajstić information content (AvgIpc) is 2.88. The molecule has 0 radical (unpaired) electrons. The number of rotatable bonds is 3. The van der Waals surface area contributed by atoms with Crippen LogP contribution in [0.5, 0.6) is 0 Å². The largest absolute Gasteiger partial charge is 0.321 e. The molecule has 0 aromatic rings. The molecule has 2 aliphatic carbocycles. The van der Waals surface area contributed by atoms with Gasteiger partial charge < -0.3 is 9.88 Å². The van der Waals surface area contributed by atoms with Crippen LogP contribution in [0.2, 0.25) is 18.6 Å². The Hall–Kier alpha value is -0.383. The number of fused-ring (bicyclic) bond motifs is 1. The van der Waals surface area contributed by atoms with Gasteiger partial charge in [-0.2, -0.15) is 0 Å². The van der Waals surface area contributed by atoms with Gasteiger partial charge in [-0.1, -0.05) is 51.2 Å². The molecule has 1 N–H and O–H groups in total. The molecule has 0 aromatic carbocycles. The van der Waals surface area contributed by atoms with Gasteiger partial charge in [0.05, 0.1) is 0 Å². The van der Waals surface area contributed by atoms with Gasteiger partial charge in [0.2, 0.25) is 0 Å². The van der Waals surface area contributed by atoms with Crippen molar-refractivity contribution in [1.82, 2.24) is 9.88 Å². The van der Waals surface area contributed by atoms with Crippen molar-refractivity contribution in [1.29, 1.82) is 0 Å². The van der Waals surface area contributed by atoms with Crippen LogP contribution in [0.25, 0.3) is 0 Å². The molecule has 3 heteroatoms. The minimum atomic E-state index is -1.36. The van der Waals surface area contributed by atoms with Crippen molar-refractivity contribution < 1.29 is 0 Å². The molecule has 0 spiro atoms. The van der Waals surface area contributed by atoms with Crippen LogP contribution >= 0.6 is 0 Å². The fourth-order valence-corrected chi connectivity index (χ4v) is 9.00. The summed E-state index contributed by atoms with van der Waals surface area (Å²) in [5, 5.41) is 3.52. The van der Waals surface area contributed by atoms with Crippen molar-refractivity contribution in [2.45, 2.75) is 38.9 Å². The van der Waals surface area contributed by atoms with E-state index in [4.69, 9.17) is 0 Å². The van der Waals surface area contributed by atoms with Crippen molar-refractivity contribution >= 4 is 8.24 Å². The fourth-order valence-electron chi connectivity index (χ4n) is 5.03. The normalized spacial score (nSPS) is 37.2. The molecule has 0 aromatic heterocycles. The maximum Gasteiger partial charge on any atom is 0.126 e. The minimum absolute atomic E-state index is 0.801. The summed E-state index contributed by atoms with van der Waals surface area (Å²) < 4.78 is 2.88. The molecule has 4 unspecified atom stereocenters. The molecule has 1 aliphatic heterocycles. The smallest absolute Gasteiger partial charge is 0.126 e. The Morgan fingerprint density at radius 2 is 1.67 bits per heavy atom. The lowest BCUT2D eigenvalue weighted by atomic mass is 9.81. The Balaban J connectivity index is 1.83. The van der Waals surface area contributed by atoms with Gasteiger partial charge in [-0.3, -0.25) is 0 Å². The van der Waals surface area contributed by atoms with Gasteiger partial charge in [-0.05, 0) is 35.6 Å². The second-order valence-corrected chi connectivity index (χ2v) is 12.7. The monoisotopic (exact) mass is 304 g/mol. The van der Waals surface area contributed by atoms with Crippen LogP contribution in [-0.2, 0) is 0 Å². The zero-order chi connectivity index (χ0) is 15.0. The van der Waals surface area contributed by atoms with Gasteiger partial charge in [-0.15, -0.1) is 0 Å². The first kappa shape index (κ1) is 15.5. The molecule has 21 heavy (non-hydrogen) atoms. The Bertz CT molecular complexity index is 421. The summed E-state index contributed by atoms with van der Waals surface area (Å²) in [7, 11) is -1.36. The zero-order valence-corrected chi connectivity index (χ0v) is 15.2. The average molecular weight is 305 g/mol. The number of nitrogens with one attached hydrogen (secondary N) is 1. The van der Waals surface area contributed by atoms with Gasteiger partial charge in [0, 0.05) is 26.2 Å². The summed E-state index contributed by atoms with van der Waals surface area (Å²) in [6, 6.07) is 0. The van der Waals surface area contributed by atoms with E-state index in [0.29, 0.717) is 0 Å². The number of hydrogen-bond donors (Lipinski definition) is 1. The van der Waals surface area contributed by atoms with Crippen LogP contribution in [0, 0.1) is 23.7 Å².